The second-order valence-corrected chi connectivity index (χ2v) is 6.36. The van der Waals surface area contributed by atoms with Crippen molar-refractivity contribution in [2.24, 2.45) is 0 Å². The molecule has 0 bridgehead atoms. The summed E-state index contributed by atoms with van der Waals surface area (Å²) in [6.07, 6.45) is 1.47. The highest BCUT2D eigenvalue weighted by atomic mass is 32.1. The van der Waals surface area contributed by atoms with Gasteiger partial charge in [-0.3, -0.25) is 9.36 Å². The van der Waals surface area contributed by atoms with Gasteiger partial charge in [-0.2, -0.15) is 0 Å². The van der Waals surface area contributed by atoms with Gasteiger partial charge < -0.3 is 5.11 Å². The zero-order valence-corrected chi connectivity index (χ0v) is 12.0. The fourth-order valence-electron chi connectivity index (χ4n) is 1.82. The number of carbonyl (C=O) groups is 1. The number of aromatic nitrogens is 3. The summed E-state index contributed by atoms with van der Waals surface area (Å²) in [7, 11) is 0. The minimum Gasteiger partial charge on any atom is -0.476 e. The minimum absolute atomic E-state index is 0.00142. The van der Waals surface area contributed by atoms with Crippen LogP contribution in [0.15, 0.2) is 22.6 Å². The maximum Gasteiger partial charge on any atom is 0.355 e. The maximum atomic E-state index is 12.3. The Morgan fingerprint density at radius 1 is 1.50 bits per heavy atom. The zero-order chi connectivity index (χ0) is 14.3. The number of rotatable bonds is 3. The molecule has 0 saturated carbocycles. The predicted octanol–water partition coefficient (Wildman–Crippen LogP) is 1.97. The number of hydrogen-bond donors (Lipinski definition) is 1. The van der Waals surface area contributed by atoms with E-state index in [1.54, 1.807) is 0 Å². The first kappa shape index (κ1) is 12.9. The van der Waals surface area contributed by atoms with Crippen LogP contribution in [0, 0.1) is 6.92 Å². The van der Waals surface area contributed by atoms with Crippen LogP contribution in [0.4, 0.5) is 0 Å². The highest BCUT2D eigenvalue weighted by molar-refractivity contribution is 7.18. The van der Waals surface area contributed by atoms with Crippen molar-refractivity contribution < 1.29 is 9.90 Å². The van der Waals surface area contributed by atoms with Crippen LogP contribution in [0.3, 0.4) is 0 Å². The fraction of sp³-hybridized carbons (Fsp3) is 0.167. The number of carboxylic acid groups (broad SMARTS) is 1. The van der Waals surface area contributed by atoms with Gasteiger partial charge >= 0.3 is 5.97 Å². The standard InChI is InChI=1S/C12H9N3O3S2/c1-6-2-7-10(20-6)13-5-15(11(7)16)3-9-14-8(4-19-9)12(17)18/h2,4-5H,3H2,1H3,(H,17,18). The normalized spacial score (nSPS) is 11.1. The molecule has 6 nitrogen and oxygen atoms in total. The van der Waals surface area contributed by atoms with E-state index in [1.165, 1.54) is 38.9 Å². The van der Waals surface area contributed by atoms with Crippen LogP contribution < -0.4 is 5.56 Å². The number of thiazole rings is 1. The lowest BCUT2D eigenvalue weighted by molar-refractivity contribution is 0.0691. The van der Waals surface area contributed by atoms with Crippen LogP contribution in [-0.2, 0) is 6.54 Å². The number of hydrogen-bond acceptors (Lipinski definition) is 6. The zero-order valence-electron chi connectivity index (χ0n) is 10.4. The molecule has 3 aromatic rings. The summed E-state index contributed by atoms with van der Waals surface area (Å²) in [5.41, 5.74) is -0.134. The van der Waals surface area contributed by atoms with Crippen LogP contribution in [-0.4, -0.2) is 25.6 Å². The van der Waals surface area contributed by atoms with Gasteiger partial charge in [-0.1, -0.05) is 0 Å². The van der Waals surface area contributed by atoms with Gasteiger partial charge in [0.2, 0.25) is 0 Å². The van der Waals surface area contributed by atoms with Crippen LogP contribution >= 0.6 is 22.7 Å². The summed E-state index contributed by atoms with van der Waals surface area (Å²) in [6.45, 7) is 2.16. The van der Waals surface area contributed by atoms with Gasteiger partial charge in [0.15, 0.2) is 5.69 Å². The Hall–Kier alpha value is -2.06. The summed E-state index contributed by atoms with van der Waals surface area (Å²) < 4.78 is 1.44. The first-order chi connectivity index (χ1) is 9.54. The number of nitrogens with zero attached hydrogens (tertiary/aromatic N) is 3. The van der Waals surface area contributed by atoms with Gasteiger partial charge in [0.25, 0.3) is 5.56 Å². The van der Waals surface area contributed by atoms with Crippen molar-refractivity contribution in [2.75, 3.05) is 0 Å². The molecule has 102 valence electrons. The molecule has 0 aromatic carbocycles. The topological polar surface area (TPSA) is 85.1 Å². The van der Waals surface area contributed by atoms with Gasteiger partial charge in [-0.05, 0) is 13.0 Å². The first-order valence-corrected chi connectivity index (χ1v) is 7.37. The summed E-state index contributed by atoms with van der Waals surface area (Å²) >= 11 is 2.69. The molecule has 0 fully saturated rings. The molecule has 0 unspecified atom stereocenters. The molecule has 0 atom stereocenters. The molecular formula is C12H9N3O3S2. The average Bonchev–Trinajstić information content (AvgIpc) is 2.99. The lowest BCUT2D eigenvalue weighted by Gasteiger charge is -2.01. The Labute approximate surface area is 121 Å². The number of aryl methyl sites for hydroxylation is 1. The van der Waals surface area contributed by atoms with Crippen molar-refractivity contribution in [3.63, 3.8) is 0 Å². The monoisotopic (exact) mass is 307 g/mol. The second-order valence-electron chi connectivity index (χ2n) is 4.19. The lowest BCUT2D eigenvalue weighted by Crippen LogP contribution is -2.20. The molecule has 3 heterocycles. The van der Waals surface area contributed by atoms with Gasteiger partial charge in [-0.15, -0.1) is 22.7 Å². The van der Waals surface area contributed by atoms with E-state index in [-0.39, 0.29) is 17.8 Å². The summed E-state index contributed by atoms with van der Waals surface area (Å²) in [4.78, 5) is 33.0. The number of thiophene rings is 1. The first-order valence-electron chi connectivity index (χ1n) is 5.68. The molecule has 0 aliphatic carbocycles. The number of fused-ring (bicyclic) bond motifs is 1. The van der Waals surface area contributed by atoms with E-state index in [1.807, 2.05) is 13.0 Å². The molecule has 20 heavy (non-hydrogen) atoms. The predicted molar refractivity (Wildman–Crippen MR) is 76.8 cm³/mol. The van der Waals surface area contributed by atoms with E-state index in [9.17, 15) is 9.59 Å². The maximum absolute atomic E-state index is 12.3. The van der Waals surface area contributed by atoms with Crippen LogP contribution in [0.5, 0.6) is 0 Å². The van der Waals surface area contributed by atoms with Crippen molar-refractivity contribution in [3.8, 4) is 0 Å². The second kappa shape index (κ2) is 4.80. The van der Waals surface area contributed by atoms with Gasteiger partial charge in [-0.25, -0.2) is 14.8 Å². The minimum atomic E-state index is -1.07. The van der Waals surface area contributed by atoms with E-state index in [4.69, 9.17) is 5.11 Å². The third kappa shape index (κ3) is 2.23. The van der Waals surface area contributed by atoms with Gasteiger partial charge in [0, 0.05) is 10.3 Å². The largest absolute Gasteiger partial charge is 0.476 e. The molecule has 0 radical (unpaired) electrons. The Morgan fingerprint density at radius 3 is 3.00 bits per heavy atom. The van der Waals surface area contributed by atoms with Crippen LogP contribution in [0.2, 0.25) is 0 Å². The van der Waals surface area contributed by atoms with Crippen molar-refractivity contribution in [2.45, 2.75) is 13.5 Å². The van der Waals surface area contributed by atoms with E-state index in [0.717, 1.165) is 4.88 Å². The van der Waals surface area contributed by atoms with Crippen molar-refractivity contribution >= 4 is 38.9 Å². The number of carboxylic acids is 1. The third-order valence-electron chi connectivity index (χ3n) is 2.72. The Kier molecular flexibility index (Phi) is 3.11. The van der Waals surface area contributed by atoms with Crippen LogP contribution in [0.25, 0.3) is 10.2 Å². The molecule has 8 heteroatoms. The number of aromatic carboxylic acids is 1. The Balaban J connectivity index is 1.99. The SMILES string of the molecule is Cc1cc2c(=O)n(Cc3nc(C(=O)O)cs3)cnc2s1. The smallest absolute Gasteiger partial charge is 0.355 e. The fourth-order valence-corrected chi connectivity index (χ4v) is 3.42. The molecule has 3 aromatic heterocycles. The van der Waals surface area contributed by atoms with E-state index in [0.29, 0.717) is 15.2 Å². The van der Waals surface area contributed by atoms with Crippen LogP contribution in [0.1, 0.15) is 20.4 Å². The molecule has 0 spiro atoms. The molecule has 0 aliphatic rings. The molecule has 3 rings (SSSR count). The Bertz CT molecular complexity index is 862. The van der Waals surface area contributed by atoms with E-state index in [2.05, 4.69) is 9.97 Å². The Morgan fingerprint density at radius 2 is 2.30 bits per heavy atom. The van der Waals surface area contributed by atoms with E-state index < -0.39 is 5.97 Å². The van der Waals surface area contributed by atoms with Crippen molar-refractivity contribution in [1.29, 1.82) is 0 Å². The lowest BCUT2D eigenvalue weighted by atomic mass is 10.4. The highest BCUT2D eigenvalue weighted by Crippen LogP contribution is 2.19. The third-order valence-corrected chi connectivity index (χ3v) is 4.51. The summed E-state index contributed by atoms with van der Waals surface area (Å²) in [5, 5.41) is 11.4. The van der Waals surface area contributed by atoms with Gasteiger partial charge in [0.1, 0.15) is 9.84 Å². The summed E-state index contributed by atoms with van der Waals surface area (Å²) in [5.74, 6) is -1.07. The summed E-state index contributed by atoms with van der Waals surface area (Å²) in [6, 6.07) is 1.82. The highest BCUT2D eigenvalue weighted by Gasteiger charge is 2.11. The van der Waals surface area contributed by atoms with Crippen molar-refractivity contribution in [3.05, 3.63) is 43.7 Å². The molecule has 0 amide bonds. The van der Waals surface area contributed by atoms with E-state index >= 15 is 0 Å². The quantitative estimate of drug-likeness (QED) is 0.799. The van der Waals surface area contributed by atoms with Crippen molar-refractivity contribution in [1.82, 2.24) is 14.5 Å². The molecule has 1 N–H and O–H groups in total. The van der Waals surface area contributed by atoms with Gasteiger partial charge in [0.05, 0.1) is 18.3 Å². The average molecular weight is 307 g/mol. The molecule has 0 saturated heterocycles. The molecule has 0 aliphatic heterocycles. The molecular weight excluding hydrogens is 298 g/mol.